The molecule has 3 aromatic carbocycles. The molecule has 0 heterocycles. The van der Waals surface area contributed by atoms with Crippen LogP contribution in [0.1, 0.15) is 48.2 Å². The highest BCUT2D eigenvalue weighted by Crippen LogP contribution is 2.41. The molecule has 0 amide bonds. The second-order valence-corrected chi connectivity index (χ2v) is 9.45. The van der Waals surface area contributed by atoms with Gasteiger partial charge < -0.3 is 14.4 Å². The second kappa shape index (κ2) is 12.2. The number of rotatable bonds is 7. The average molecular weight is 506 g/mol. The van der Waals surface area contributed by atoms with Gasteiger partial charge in [-0.1, -0.05) is 42.5 Å². The summed E-state index contributed by atoms with van der Waals surface area (Å²) in [5, 5.41) is 1.97. The number of carbonyl (C=O) groups is 1. The van der Waals surface area contributed by atoms with Gasteiger partial charge in [-0.05, 0) is 110 Å². The van der Waals surface area contributed by atoms with Crippen LogP contribution in [0.25, 0.3) is 22.4 Å². The van der Waals surface area contributed by atoms with Gasteiger partial charge in [0.2, 0.25) is 0 Å². The van der Waals surface area contributed by atoms with Crippen molar-refractivity contribution in [1.29, 1.82) is 0 Å². The third-order valence-electron chi connectivity index (χ3n) is 6.74. The van der Waals surface area contributed by atoms with Crippen molar-refractivity contribution < 1.29 is 14.3 Å². The minimum atomic E-state index is -0.275. The van der Waals surface area contributed by atoms with E-state index in [9.17, 15) is 4.79 Å². The summed E-state index contributed by atoms with van der Waals surface area (Å²) in [6.45, 7) is 5.43. The first-order valence-electron chi connectivity index (χ1n) is 12.3. The molecular formula is C31H36ClNO3. The Morgan fingerprint density at radius 1 is 1.08 bits per heavy atom. The van der Waals surface area contributed by atoms with Gasteiger partial charge in [-0.3, -0.25) is 0 Å². The SMILES string of the molecule is CCOC(=O)c1cc(C=C2CCC(CN(C)C)C(c3cccc(OC)c3)=C2C)cc2ccccc12.Cl. The molecular weight excluding hydrogens is 470 g/mol. The molecule has 3 aromatic rings. The maximum atomic E-state index is 12.7. The van der Waals surface area contributed by atoms with Crippen LogP contribution in [0.3, 0.4) is 0 Å². The van der Waals surface area contributed by atoms with E-state index < -0.39 is 0 Å². The van der Waals surface area contributed by atoms with Crippen molar-refractivity contribution >= 4 is 40.8 Å². The number of esters is 1. The van der Waals surface area contributed by atoms with E-state index in [0.29, 0.717) is 18.1 Å². The van der Waals surface area contributed by atoms with E-state index in [4.69, 9.17) is 9.47 Å². The molecule has 1 aliphatic carbocycles. The number of carbonyl (C=O) groups excluding carboxylic acids is 1. The molecule has 1 unspecified atom stereocenters. The van der Waals surface area contributed by atoms with Gasteiger partial charge in [-0.25, -0.2) is 4.79 Å². The Morgan fingerprint density at radius 3 is 2.58 bits per heavy atom. The van der Waals surface area contributed by atoms with Crippen LogP contribution >= 0.6 is 12.4 Å². The van der Waals surface area contributed by atoms with Crippen LogP contribution < -0.4 is 4.74 Å². The first-order chi connectivity index (χ1) is 16.9. The van der Waals surface area contributed by atoms with E-state index in [1.807, 2.05) is 37.3 Å². The van der Waals surface area contributed by atoms with Crippen molar-refractivity contribution in [2.75, 3.05) is 34.4 Å². The number of hydrogen-bond donors (Lipinski definition) is 0. The molecule has 0 spiro atoms. The van der Waals surface area contributed by atoms with Gasteiger partial charge in [0.25, 0.3) is 0 Å². The molecule has 1 atom stereocenters. The topological polar surface area (TPSA) is 38.8 Å². The molecule has 0 fully saturated rings. The molecule has 5 heteroatoms. The molecule has 0 saturated heterocycles. The smallest absolute Gasteiger partial charge is 0.338 e. The summed E-state index contributed by atoms with van der Waals surface area (Å²) < 4.78 is 10.9. The lowest BCUT2D eigenvalue weighted by Crippen LogP contribution is -2.25. The summed E-state index contributed by atoms with van der Waals surface area (Å²) in [5.74, 6) is 1.04. The highest BCUT2D eigenvalue weighted by atomic mass is 35.5. The molecule has 0 bridgehead atoms. The van der Waals surface area contributed by atoms with Crippen LogP contribution in [0, 0.1) is 5.92 Å². The highest BCUT2D eigenvalue weighted by molar-refractivity contribution is 6.05. The van der Waals surface area contributed by atoms with Crippen molar-refractivity contribution in [3.63, 3.8) is 0 Å². The minimum absolute atomic E-state index is 0. The van der Waals surface area contributed by atoms with Gasteiger partial charge in [0.1, 0.15) is 5.75 Å². The fraction of sp³-hybridized carbons (Fsp3) is 0.323. The normalized spacial score (nSPS) is 16.8. The summed E-state index contributed by atoms with van der Waals surface area (Å²) >= 11 is 0. The van der Waals surface area contributed by atoms with Crippen molar-refractivity contribution in [3.8, 4) is 5.75 Å². The Bertz CT molecular complexity index is 1290. The number of halogens is 1. The highest BCUT2D eigenvalue weighted by Gasteiger charge is 2.26. The lowest BCUT2D eigenvalue weighted by Gasteiger charge is -2.32. The molecule has 0 N–H and O–H groups in total. The van der Waals surface area contributed by atoms with Crippen LogP contribution in [0.4, 0.5) is 0 Å². The molecule has 0 saturated carbocycles. The molecule has 190 valence electrons. The Balaban J connectivity index is 0.00000361. The largest absolute Gasteiger partial charge is 0.497 e. The fourth-order valence-electron chi connectivity index (χ4n) is 5.18. The van der Waals surface area contributed by atoms with E-state index in [-0.39, 0.29) is 18.4 Å². The van der Waals surface area contributed by atoms with Crippen LogP contribution in [0.5, 0.6) is 5.75 Å². The van der Waals surface area contributed by atoms with Gasteiger partial charge in [0, 0.05) is 6.54 Å². The van der Waals surface area contributed by atoms with Crippen LogP contribution in [-0.2, 0) is 4.74 Å². The lowest BCUT2D eigenvalue weighted by atomic mass is 9.76. The molecule has 4 nitrogen and oxygen atoms in total. The summed E-state index contributed by atoms with van der Waals surface area (Å²) in [7, 11) is 5.98. The zero-order chi connectivity index (χ0) is 24.9. The zero-order valence-electron chi connectivity index (χ0n) is 21.8. The average Bonchev–Trinajstić information content (AvgIpc) is 2.85. The quantitative estimate of drug-likeness (QED) is 0.316. The summed E-state index contributed by atoms with van der Waals surface area (Å²) in [4.78, 5) is 15.0. The van der Waals surface area contributed by atoms with Gasteiger partial charge in [0.05, 0.1) is 19.3 Å². The second-order valence-electron chi connectivity index (χ2n) is 9.45. The molecule has 0 aromatic heterocycles. The molecule has 0 aliphatic heterocycles. The monoisotopic (exact) mass is 505 g/mol. The maximum absolute atomic E-state index is 12.7. The maximum Gasteiger partial charge on any atom is 0.338 e. The Labute approximate surface area is 221 Å². The molecule has 36 heavy (non-hydrogen) atoms. The van der Waals surface area contributed by atoms with Crippen molar-refractivity contribution in [2.45, 2.75) is 26.7 Å². The van der Waals surface area contributed by atoms with E-state index in [0.717, 1.165) is 41.5 Å². The molecule has 0 radical (unpaired) electrons. The van der Waals surface area contributed by atoms with Gasteiger partial charge in [0.15, 0.2) is 0 Å². The van der Waals surface area contributed by atoms with Crippen molar-refractivity contribution in [3.05, 3.63) is 88.5 Å². The minimum Gasteiger partial charge on any atom is -0.497 e. The fourth-order valence-corrected chi connectivity index (χ4v) is 5.18. The van der Waals surface area contributed by atoms with E-state index in [1.54, 1.807) is 7.11 Å². The van der Waals surface area contributed by atoms with Gasteiger partial charge in [-0.2, -0.15) is 0 Å². The standard InChI is InChI=1S/C31H35NO3.ClH/c1-6-35-31(33)29-18-22(17-24-10-7-8-13-28(24)29)16-23-14-15-26(20-32(3)4)30(21(23)2)25-11-9-12-27(19-25)34-5;/h7-13,16-19,26H,6,14-15,20H2,1-5H3;1H. The third-order valence-corrected chi connectivity index (χ3v) is 6.74. The Hall–Kier alpha value is -3.08. The van der Waals surface area contributed by atoms with Crippen LogP contribution in [-0.4, -0.2) is 45.2 Å². The van der Waals surface area contributed by atoms with Gasteiger partial charge >= 0.3 is 5.97 Å². The number of methoxy groups -OCH3 is 1. The third kappa shape index (κ3) is 6.00. The molecule has 4 rings (SSSR count). The summed E-state index contributed by atoms with van der Waals surface area (Å²) in [6, 6.07) is 20.5. The van der Waals surface area contributed by atoms with Crippen molar-refractivity contribution in [1.82, 2.24) is 4.90 Å². The number of fused-ring (bicyclic) bond motifs is 1. The van der Waals surface area contributed by atoms with Gasteiger partial charge in [-0.15, -0.1) is 12.4 Å². The van der Waals surface area contributed by atoms with E-state index in [1.165, 1.54) is 22.3 Å². The number of allylic oxidation sites excluding steroid dienone is 2. The zero-order valence-corrected chi connectivity index (χ0v) is 22.7. The summed E-state index contributed by atoms with van der Waals surface area (Å²) in [5.41, 5.74) is 6.85. The van der Waals surface area contributed by atoms with Crippen molar-refractivity contribution in [2.24, 2.45) is 5.92 Å². The Morgan fingerprint density at radius 2 is 1.86 bits per heavy atom. The van der Waals surface area contributed by atoms with Crippen LogP contribution in [0.15, 0.2) is 71.8 Å². The predicted octanol–water partition coefficient (Wildman–Crippen LogP) is 7.28. The number of nitrogens with zero attached hydrogens (tertiary/aromatic N) is 1. The number of benzene rings is 3. The van der Waals surface area contributed by atoms with Crippen LogP contribution in [0.2, 0.25) is 0 Å². The lowest BCUT2D eigenvalue weighted by molar-refractivity contribution is 0.0528. The van der Waals surface area contributed by atoms with E-state index >= 15 is 0 Å². The summed E-state index contributed by atoms with van der Waals surface area (Å²) in [6.07, 6.45) is 4.32. The predicted molar refractivity (Wildman–Crippen MR) is 152 cm³/mol. The first kappa shape index (κ1) is 27.5. The van der Waals surface area contributed by atoms with E-state index in [2.05, 4.69) is 62.3 Å². The Kier molecular flexibility index (Phi) is 9.36. The number of ether oxygens (including phenoxy) is 2. The number of hydrogen-bond acceptors (Lipinski definition) is 4. The molecule has 1 aliphatic rings. The first-order valence-corrected chi connectivity index (χ1v) is 12.3.